The van der Waals surface area contributed by atoms with Crippen molar-refractivity contribution >= 4 is 33.7 Å². The maximum absolute atomic E-state index is 12.3. The van der Waals surface area contributed by atoms with E-state index in [1.54, 1.807) is 17.5 Å². The first-order valence-corrected chi connectivity index (χ1v) is 9.31. The van der Waals surface area contributed by atoms with Crippen molar-refractivity contribution in [1.29, 1.82) is 5.26 Å². The van der Waals surface area contributed by atoms with Gasteiger partial charge in [0.1, 0.15) is 11.7 Å². The quantitative estimate of drug-likeness (QED) is 0.315. The summed E-state index contributed by atoms with van der Waals surface area (Å²) in [5.41, 5.74) is 5.73. The summed E-state index contributed by atoms with van der Waals surface area (Å²) < 4.78 is 5.36. The highest BCUT2D eigenvalue weighted by Gasteiger charge is 2.14. The maximum Gasteiger partial charge on any atom is 0.345 e. The molecule has 0 aliphatic heterocycles. The lowest BCUT2D eigenvalue weighted by atomic mass is 10.1. The fourth-order valence-electron chi connectivity index (χ4n) is 2.70. The molecule has 0 radical (unpaired) electrons. The fraction of sp³-hybridized carbons (Fsp3) is 0.0476. The lowest BCUT2D eigenvalue weighted by molar-refractivity contribution is 0.563. The Labute approximate surface area is 164 Å². The largest absolute Gasteiger partial charge is 0.422 e. The minimum absolute atomic E-state index is 0.142. The van der Waals surface area contributed by atoms with Crippen LogP contribution in [0.25, 0.3) is 22.2 Å². The number of para-hydroxylation sites is 1. The topological polar surface area (TPSA) is 91.3 Å². The standard InChI is InChI=1S/C21H14N4O2S/c1-13-5-4-7-15(9-13)24-25-17(11-22)20-23-18(12-28-20)16-10-14-6-2-3-8-19(14)27-21(16)26/h2-10,12,24H,1H3. The lowest BCUT2D eigenvalue weighted by Gasteiger charge is -2.01. The summed E-state index contributed by atoms with van der Waals surface area (Å²) in [5, 5.41) is 16.6. The van der Waals surface area contributed by atoms with Crippen LogP contribution in [0.5, 0.6) is 0 Å². The van der Waals surface area contributed by atoms with E-state index < -0.39 is 5.63 Å². The Bertz CT molecular complexity index is 1300. The van der Waals surface area contributed by atoms with Crippen molar-refractivity contribution in [2.24, 2.45) is 5.10 Å². The number of fused-ring (bicyclic) bond motifs is 1. The van der Waals surface area contributed by atoms with Crippen molar-refractivity contribution in [2.75, 3.05) is 5.43 Å². The molecular formula is C21H14N4O2S. The van der Waals surface area contributed by atoms with Crippen LogP contribution < -0.4 is 11.1 Å². The maximum atomic E-state index is 12.3. The normalized spacial score (nSPS) is 11.4. The van der Waals surface area contributed by atoms with Gasteiger partial charge in [-0.05, 0) is 36.8 Å². The molecule has 4 rings (SSSR count). The highest BCUT2D eigenvalue weighted by atomic mass is 32.1. The van der Waals surface area contributed by atoms with Crippen molar-refractivity contribution in [3.05, 3.63) is 81.0 Å². The van der Waals surface area contributed by atoms with Gasteiger partial charge < -0.3 is 4.42 Å². The Hall–Kier alpha value is -3.76. The SMILES string of the molecule is Cc1cccc(NN=C(C#N)c2nc(-c3cc4ccccc4oc3=O)cs2)c1. The third kappa shape index (κ3) is 3.54. The molecule has 2 aromatic heterocycles. The number of aromatic nitrogens is 1. The summed E-state index contributed by atoms with van der Waals surface area (Å²) in [4.78, 5) is 16.7. The number of nitrogens with one attached hydrogen (secondary N) is 1. The van der Waals surface area contributed by atoms with Gasteiger partial charge in [-0.2, -0.15) is 10.4 Å². The molecule has 0 spiro atoms. The average molecular weight is 386 g/mol. The molecular weight excluding hydrogens is 372 g/mol. The monoisotopic (exact) mass is 386 g/mol. The van der Waals surface area contributed by atoms with E-state index in [4.69, 9.17) is 4.42 Å². The number of rotatable bonds is 4. The van der Waals surface area contributed by atoms with Crippen LogP contribution in [0.2, 0.25) is 0 Å². The summed E-state index contributed by atoms with van der Waals surface area (Å²) in [7, 11) is 0. The van der Waals surface area contributed by atoms with E-state index in [0.717, 1.165) is 16.6 Å². The van der Waals surface area contributed by atoms with Gasteiger partial charge in [0, 0.05) is 10.8 Å². The van der Waals surface area contributed by atoms with Gasteiger partial charge in [-0.15, -0.1) is 11.3 Å². The zero-order valence-electron chi connectivity index (χ0n) is 14.8. The van der Waals surface area contributed by atoms with Crippen molar-refractivity contribution in [2.45, 2.75) is 6.92 Å². The smallest absolute Gasteiger partial charge is 0.345 e. The number of benzene rings is 2. The van der Waals surface area contributed by atoms with E-state index in [1.807, 2.05) is 55.5 Å². The van der Waals surface area contributed by atoms with Crippen LogP contribution >= 0.6 is 11.3 Å². The third-order valence-corrected chi connectivity index (χ3v) is 4.89. The van der Waals surface area contributed by atoms with Crippen molar-refractivity contribution in [1.82, 2.24) is 4.98 Å². The van der Waals surface area contributed by atoms with Gasteiger partial charge >= 0.3 is 5.63 Å². The Morgan fingerprint density at radius 3 is 2.89 bits per heavy atom. The van der Waals surface area contributed by atoms with Crippen LogP contribution in [0.15, 0.2) is 74.3 Å². The number of hydrogen-bond donors (Lipinski definition) is 1. The first-order chi connectivity index (χ1) is 13.6. The predicted molar refractivity (Wildman–Crippen MR) is 111 cm³/mol. The second-order valence-corrected chi connectivity index (χ2v) is 6.93. The van der Waals surface area contributed by atoms with Crippen molar-refractivity contribution in [3.63, 3.8) is 0 Å². The van der Waals surface area contributed by atoms with Crippen LogP contribution in [0.3, 0.4) is 0 Å². The molecule has 0 unspecified atom stereocenters. The molecule has 7 heteroatoms. The van der Waals surface area contributed by atoms with Crippen LogP contribution in [0.4, 0.5) is 5.69 Å². The zero-order valence-corrected chi connectivity index (χ0v) is 15.7. The molecule has 136 valence electrons. The van der Waals surface area contributed by atoms with Crippen LogP contribution in [0, 0.1) is 18.3 Å². The molecule has 0 saturated carbocycles. The number of thiazole rings is 1. The highest BCUT2D eigenvalue weighted by molar-refractivity contribution is 7.12. The van der Waals surface area contributed by atoms with Gasteiger partial charge in [-0.3, -0.25) is 5.43 Å². The van der Waals surface area contributed by atoms with Gasteiger partial charge in [0.2, 0.25) is 0 Å². The van der Waals surface area contributed by atoms with E-state index >= 15 is 0 Å². The second kappa shape index (κ2) is 7.47. The number of aryl methyl sites for hydroxylation is 1. The van der Waals surface area contributed by atoms with Crippen LogP contribution in [-0.2, 0) is 0 Å². The summed E-state index contributed by atoms with van der Waals surface area (Å²) in [6.07, 6.45) is 0. The summed E-state index contributed by atoms with van der Waals surface area (Å²) in [6, 6.07) is 18.7. The van der Waals surface area contributed by atoms with E-state index in [0.29, 0.717) is 21.8 Å². The van der Waals surface area contributed by atoms with Crippen LogP contribution in [0.1, 0.15) is 10.6 Å². The molecule has 2 heterocycles. The Balaban J connectivity index is 1.66. The lowest BCUT2D eigenvalue weighted by Crippen LogP contribution is -2.04. The molecule has 1 N–H and O–H groups in total. The molecule has 0 aliphatic rings. The molecule has 0 amide bonds. The number of nitrogens with zero attached hydrogens (tertiary/aromatic N) is 3. The summed E-state index contributed by atoms with van der Waals surface area (Å²) >= 11 is 1.24. The van der Waals surface area contributed by atoms with Gasteiger partial charge in [-0.1, -0.05) is 30.3 Å². The molecule has 0 saturated heterocycles. The summed E-state index contributed by atoms with van der Waals surface area (Å²) in [6.45, 7) is 1.97. The molecule has 6 nitrogen and oxygen atoms in total. The molecule has 0 aliphatic carbocycles. The second-order valence-electron chi connectivity index (χ2n) is 6.08. The highest BCUT2D eigenvalue weighted by Crippen LogP contribution is 2.23. The van der Waals surface area contributed by atoms with E-state index in [-0.39, 0.29) is 5.71 Å². The number of anilines is 1. The molecule has 0 fully saturated rings. The number of hydrogen-bond acceptors (Lipinski definition) is 7. The third-order valence-electron chi connectivity index (χ3n) is 4.04. The molecule has 0 atom stereocenters. The van der Waals surface area contributed by atoms with E-state index in [2.05, 4.69) is 15.5 Å². The predicted octanol–water partition coefficient (Wildman–Crippen LogP) is 4.56. The molecule has 2 aromatic carbocycles. The fourth-order valence-corrected chi connectivity index (χ4v) is 3.46. The van der Waals surface area contributed by atoms with Gasteiger partial charge in [0.15, 0.2) is 10.7 Å². The van der Waals surface area contributed by atoms with Gasteiger partial charge in [-0.25, -0.2) is 9.78 Å². The minimum atomic E-state index is -0.469. The first kappa shape index (κ1) is 17.6. The van der Waals surface area contributed by atoms with Crippen molar-refractivity contribution < 1.29 is 4.42 Å². The van der Waals surface area contributed by atoms with Gasteiger partial charge in [0.05, 0.1) is 16.9 Å². The van der Waals surface area contributed by atoms with E-state index in [9.17, 15) is 10.1 Å². The summed E-state index contributed by atoms with van der Waals surface area (Å²) in [5.74, 6) is 0. The molecule has 4 aromatic rings. The Kier molecular flexibility index (Phi) is 4.70. The molecule has 28 heavy (non-hydrogen) atoms. The molecule has 0 bridgehead atoms. The Morgan fingerprint density at radius 2 is 2.07 bits per heavy atom. The first-order valence-electron chi connectivity index (χ1n) is 8.43. The van der Waals surface area contributed by atoms with E-state index in [1.165, 1.54) is 11.3 Å². The van der Waals surface area contributed by atoms with Crippen molar-refractivity contribution in [3.8, 4) is 17.3 Å². The van der Waals surface area contributed by atoms with Gasteiger partial charge in [0.25, 0.3) is 0 Å². The Morgan fingerprint density at radius 1 is 1.21 bits per heavy atom. The number of hydrazone groups is 1. The van der Waals surface area contributed by atoms with Crippen LogP contribution in [-0.4, -0.2) is 10.7 Å². The average Bonchev–Trinajstić information content (AvgIpc) is 3.18. The zero-order chi connectivity index (χ0) is 19.5. The number of nitriles is 1. The minimum Gasteiger partial charge on any atom is -0.422 e.